The van der Waals surface area contributed by atoms with E-state index in [-0.39, 0.29) is 35.5 Å². The molecule has 0 atom stereocenters. The van der Waals surface area contributed by atoms with Crippen molar-refractivity contribution in [2.75, 3.05) is 0 Å². The Morgan fingerprint density at radius 3 is 2.79 bits per heavy atom. The molecular weight excluding hydrogens is 372 g/mol. The Labute approximate surface area is 166 Å². The monoisotopic (exact) mass is 394 g/mol. The van der Waals surface area contributed by atoms with Crippen LogP contribution in [0, 0.1) is 0 Å². The van der Waals surface area contributed by atoms with E-state index in [0.29, 0.717) is 11.4 Å². The molecule has 8 nitrogen and oxygen atoms in total. The lowest BCUT2D eigenvalue weighted by molar-refractivity contribution is 0.0950. The van der Waals surface area contributed by atoms with E-state index in [9.17, 15) is 14.4 Å². The number of nitrogens with zero attached hydrogens (tertiary/aromatic N) is 2. The lowest BCUT2D eigenvalue weighted by atomic mass is 10.1. The first-order valence-corrected chi connectivity index (χ1v) is 9.61. The molecule has 0 aliphatic heterocycles. The number of aromatic amines is 1. The Kier molecular flexibility index (Phi) is 4.92. The number of carbonyl (C=O) groups is 1. The molecule has 4 rings (SSSR count). The minimum Gasteiger partial charge on any atom is -0.491 e. The number of carbonyl (C=O) groups excluding carboxylic acids is 1. The maximum absolute atomic E-state index is 12.6. The average Bonchev–Trinajstić information content (AvgIpc) is 3.51. The van der Waals surface area contributed by atoms with Crippen LogP contribution in [0.5, 0.6) is 5.75 Å². The average molecular weight is 394 g/mol. The predicted molar refractivity (Wildman–Crippen MR) is 108 cm³/mol. The Morgan fingerprint density at radius 1 is 1.31 bits per heavy atom. The first-order chi connectivity index (χ1) is 13.9. The largest absolute Gasteiger partial charge is 0.491 e. The number of aromatic nitrogens is 3. The lowest BCUT2D eigenvalue weighted by Gasteiger charge is -2.14. The summed E-state index contributed by atoms with van der Waals surface area (Å²) in [6, 6.07) is 9.04. The summed E-state index contributed by atoms with van der Waals surface area (Å²) in [7, 11) is 0. The molecule has 1 aliphatic rings. The van der Waals surface area contributed by atoms with Crippen LogP contribution in [0.25, 0.3) is 11.0 Å². The number of hydrogen-bond acceptors (Lipinski definition) is 5. The van der Waals surface area contributed by atoms with Crippen molar-refractivity contribution in [2.24, 2.45) is 0 Å². The summed E-state index contributed by atoms with van der Waals surface area (Å²) >= 11 is 0. The van der Waals surface area contributed by atoms with Crippen molar-refractivity contribution in [1.29, 1.82) is 0 Å². The molecule has 2 aromatic heterocycles. The second-order valence-electron chi connectivity index (χ2n) is 7.41. The highest BCUT2D eigenvalue weighted by molar-refractivity contribution is 5.96. The molecule has 150 valence electrons. The molecule has 8 heteroatoms. The van der Waals surface area contributed by atoms with Gasteiger partial charge in [-0.25, -0.2) is 9.78 Å². The van der Waals surface area contributed by atoms with Gasteiger partial charge in [-0.2, -0.15) is 0 Å². The molecular formula is C21H22N4O4. The Bertz CT molecular complexity index is 1190. The van der Waals surface area contributed by atoms with Gasteiger partial charge in [-0.05, 0) is 38.8 Å². The van der Waals surface area contributed by atoms with Gasteiger partial charge in [-0.1, -0.05) is 18.2 Å². The van der Waals surface area contributed by atoms with Crippen LogP contribution in [-0.2, 0) is 6.54 Å². The SMILES string of the molecule is CC(C)Oc1ccccc1CNC(=O)c1cnc2c(c1)c(=O)[nH]c(=O)n2C1CC1. The molecule has 3 aromatic rings. The van der Waals surface area contributed by atoms with Crippen LogP contribution in [0.15, 0.2) is 46.1 Å². The lowest BCUT2D eigenvalue weighted by Crippen LogP contribution is -2.31. The Hall–Kier alpha value is -3.42. The smallest absolute Gasteiger partial charge is 0.330 e. The zero-order chi connectivity index (χ0) is 20.5. The van der Waals surface area contributed by atoms with Gasteiger partial charge in [0.05, 0.1) is 17.1 Å². The number of amides is 1. The van der Waals surface area contributed by atoms with Crippen molar-refractivity contribution in [3.8, 4) is 5.75 Å². The van der Waals surface area contributed by atoms with Gasteiger partial charge >= 0.3 is 5.69 Å². The number of rotatable bonds is 6. The molecule has 0 bridgehead atoms. The minimum atomic E-state index is -0.542. The van der Waals surface area contributed by atoms with Crippen LogP contribution >= 0.6 is 0 Å². The van der Waals surface area contributed by atoms with E-state index >= 15 is 0 Å². The third-order valence-electron chi connectivity index (χ3n) is 4.73. The second kappa shape index (κ2) is 7.54. The third-order valence-corrected chi connectivity index (χ3v) is 4.73. The van der Waals surface area contributed by atoms with Gasteiger partial charge in [0, 0.05) is 24.3 Å². The molecule has 1 aliphatic carbocycles. The van der Waals surface area contributed by atoms with Gasteiger partial charge in [-0.15, -0.1) is 0 Å². The summed E-state index contributed by atoms with van der Waals surface area (Å²) in [5.41, 5.74) is 0.416. The van der Waals surface area contributed by atoms with Gasteiger partial charge < -0.3 is 10.1 Å². The zero-order valence-corrected chi connectivity index (χ0v) is 16.3. The van der Waals surface area contributed by atoms with Gasteiger partial charge in [0.1, 0.15) is 11.4 Å². The first kappa shape index (κ1) is 18.9. The van der Waals surface area contributed by atoms with Gasteiger partial charge in [0.15, 0.2) is 0 Å². The van der Waals surface area contributed by atoms with Crippen LogP contribution in [-0.4, -0.2) is 26.5 Å². The van der Waals surface area contributed by atoms with Crippen LogP contribution in [0.2, 0.25) is 0 Å². The highest BCUT2D eigenvalue weighted by atomic mass is 16.5. The van der Waals surface area contributed by atoms with Gasteiger partial charge in [0.2, 0.25) is 0 Å². The maximum atomic E-state index is 12.6. The normalized spacial score (nSPS) is 13.6. The Balaban J connectivity index is 1.59. The van der Waals surface area contributed by atoms with Crippen molar-refractivity contribution in [3.63, 3.8) is 0 Å². The summed E-state index contributed by atoms with van der Waals surface area (Å²) in [5.74, 6) is 0.353. The maximum Gasteiger partial charge on any atom is 0.330 e. The molecule has 29 heavy (non-hydrogen) atoms. The first-order valence-electron chi connectivity index (χ1n) is 9.61. The van der Waals surface area contributed by atoms with E-state index in [1.54, 1.807) is 0 Å². The molecule has 0 saturated heterocycles. The fourth-order valence-corrected chi connectivity index (χ4v) is 3.23. The van der Waals surface area contributed by atoms with E-state index in [4.69, 9.17) is 4.74 Å². The van der Waals surface area contributed by atoms with E-state index in [0.717, 1.165) is 18.4 Å². The van der Waals surface area contributed by atoms with Crippen molar-refractivity contribution in [2.45, 2.75) is 45.4 Å². The molecule has 1 amide bonds. The third kappa shape index (κ3) is 3.91. The number of hydrogen-bond donors (Lipinski definition) is 2. The molecule has 2 heterocycles. The zero-order valence-electron chi connectivity index (χ0n) is 16.3. The standard InChI is InChI=1S/C21H22N4O4/c1-12(2)29-17-6-4-3-5-13(17)10-23-19(26)14-9-16-18(22-11-14)25(15-7-8-15)21(28)24-20(16)27/h3-6,9,11-12,15H,7-8,10H2,1-2H3,(H,23,26)(H,24,27,28). The van der Waals surface area contributed by atoms with Gasteiger partial charge in [-0.3, -0.25) is 19.1 Å². The summed E-state index contributed by atoms with van der Waals surface area (Å²) in [4.78, 5) is 43.5. The summed E-state index contributed by atoms with van der Waals surface area (Å²) in [6.45, 7) is 4.15. The van der Waals surface area contributed by atoms with Crippen LogP contribution in [0.1, 0.15) is 48.7 Å². The van der Waals surface area contributed by atoms with E-state index in [1.165, 1.54) is 16.8 Å². The molecule has 0 spiro atoms. The predicted octanol–water partition coefficient (Wildman–Crippen LogP) is 2.14. The topological polar surface area (TPSA) is 106 Å². The second-order valence-corrected chi connectivity index (χ2v) is 7.41. The minimum absolute atomic E-state index is 0.0207. The van der Waals surface area contributed by atoms with Gasteiger partial charge in [0.25, 0.3) is 11.5 Å². The fourth-order valence-electron chi connectivity index (χ4n) is 3.23. The highest BCUT2D eigenvalue weighted by Gasteiger charge is 2.27. The molecule has 2 N–H and O–H groups in total. The van der Waals surface area contributed by atoms with E-state index in [1.807, 2.05) is 38.1 Å². The summed E-state index contributed by atoms with van der Waals surface area (Å²) in [5, 5.41) is 3.06. The number of fused-ring (bicyclic) bond motifs is 1. The number of ether oxygens (including phenoxy) is 1. The Morgan fingerprint density at radius 2 is 2.07 bits per heavy atom. The van der Waals surface area contributed by atoms with E-state index < -0.39 is 11.2 Å². The molecule has 1 fully saturated rings. The molecule has 0 radical (unpaired) electrons. The number of nitrogens with one attached hydrogen (secondary N) is 2. The van der Waals surface area contributed by atoms with Crippen molar-refractivity contribution in [1.82, 2.24) is 19.9 Å². The number of benzene rings is 1. The highest BCUT2D eigenvalue weighted by Crippen LogP contribution is 2.34. The number of pyridine rings is 1. The van der Waals surface area contributed by atoms with Crippen LogP contribution < -0.4 is 21.3 Å². The van der Waals surface area contributed by atoms with Crippen molar-refractivity contribution >= 4 is 16.9 Å². The van der Waals surface area contributed by atoms with Crippen LogP contribution in [0.4, 0.5) is 0 Å². The molecule has 1 saturated carbocycles. The summed E-state index contributed by atoms with van der Waals surface area (Å²) < 4.78 is 7.27. The molecule has 1 aromatic carbocycles. The van der Waals surface area contributed by atoms with Crippen LogP contribution in [0.3, 0.4) is 0 Å². The van der Waals surface area contributed by atoms with E-state index in [2.05, 4.69) is 15.3 Å². The van der Waals surface area contributed by atoms with Crippen molar-refractivity contribution < 1.29 is 9.53 Å². The molecule has 0 unspecified atom stereocenters. The quantitative estimate of drug-likeness (QED) is 0.666. The van der Waals surface area contributed by atoms with Crippen molar-refractivity contribution in [3.05, 3.63) is 68.5 Å². The number of H-pyrrole nitrogens is 1. The fraction of sp³-hybridized carbons (Fsp3) is 0.333. The summed E-state index contributed by atoms with van der Waals surface area (Å²) in [6.07, 6.45) is 3.17. The number of para-hydroxylation sites is 1.